The maximum Gasteiger partial charge on any atom is 0.314 e. The van der Waals surface area contributed by atoms with Gasteiger partial charge >= 0.3 is 11.8 Å². The summed E-state index contributed by atoms with van der Waals surface area (Å²) in [4.78, 5) is 24.3. The fraction of sp³-hybridized carbons (Fsp3) is 0.0909. The van der Waals surface area contributed by atoms with Gasteiger partial charge in [0.2, 0.25) is 0 Å². The summed E-state index contributed by atoms with van der Waals surface area (Å²) < 4.78 is 5.70. The fourth-order valence-corrected chi connectivity index (χ4v) is 2.55. The molecule has 27 heavy (non-hydrogen) atoms. The Balaban J connectivity index is 1.59. The van der Waals surface area contributed by atoms with Crippen LogP contribution in [0.3, 0.4) is 0 Å². The van der Waals surface area contributed by atoms with Crippen LogP contribution >= 0.6 is 0 Å². The lowest BCUT2D eigenvalue weighted by atomic mass is 10.1. The fourth-order valence-electron chi connectivity index (χ4n) is 2.55. The van der Waals surface area contributed by atoms with Crippen LogP contribution in [0.2, 0.25) is 0 Å². The molecule has 0 saturated heterocycles. The minimum atomic E-state index is -0.724. The predicted molar refractivity (Wildman–Crippen MR) is 106 cm³/mol. The van der Waals surface area contributed by atoms with Crippen molar-refractivity contribution in [3.05, 3.63) is 84.4 Å². The summed E-state index contributed by atoms with van der Waals surface area (Å²) in [6, 6.07) is 23.6. The van der Waals surface area contributed by atoms with E-state index >= 15 is 0 Å². The summed E-state index contributed by atoms with van der Waals surface area (Å²) in [5.41, 5.74) is 2.13. The van der Waals surface area contributed by atoms with E-state index < -0.39 is 11.8 Å². The number of carbonyl (C=O) groups is 2. The molecule has 136 valence electrons. The molecule has 5 heteroatoms. The average Bonchev–Trinajstić information content (AvgIpc) is 2.70. The van der Waals surface area contributed by atoms with Crippen molar-refractivity contribution in [1.29, 1.82) is 0 Å². The number of para-hydroxylation sites is 2. The van der Waals surface area contributed by atoms with Crippen molar-refractivity contribution in [2.24, 2.45) is 0 Å². The second-order valence-electron chi connectivity index (χ2n) is 5.86. The van der Waals surface area contributed by atoms with Crippen molar-refractivity contribution < 1.29 is 14.3 Å². The van der Waals surface area contributed by atoms with Gasteiger partial charge in [-0.1, -0.05) is 43.3 Å². The van der Waals surface area contributed by atoms with Gasteiger partial charge in [-0.3, -0.25) is 9.59 Å². The Kier molecular flexibility index (Phi) is 5.84. The van der Waals surface area contributed by atoms with Gasteiger partial charge in [0, 0.05) is 11.4 Å². The van der Waals surface area contributed by atoms with Gasteiger partial charge in [0.1, 0.15) is 11.5 Å². The molecule has 0 saturated carbocycles. The molecule has 0 atom stereocenters. The molecular weight excluding hydrogens is 340 g/mol. The molecule has 0 radical (unpaired) electrons. The molecule has 0 aliphatic carbocycles. The molecule has 0 aliphatic heterocycles. The molecule has 0 bridgehead atoms. The zero-order valence-electron chi connectivity index (χ0n) is 14.9. The van der Waals surface area contributed by atoms with Crippen LogP contribution < -0.4 is 15.4 Å². The van der Waals surface area contributed by atoms with Crippen molar-refractivity contribution in [2.75, 3.05) is 10.6 Å². The highest BCUT2D eigenvalue weighted by Gasteiger charge is 2.15. The standard InChI is InChI=1S/C22H20N2O3/c1-2-16-8-6-7-11-20(16)24-22(26)21(25)23-17-12-14-19(15-13-17)27-18-9-4-3-5-10-18/h3-15H,2H2,1H3,(H,23,25)(H,24,26). The second kappa shape index (κ2) is 8.67. The molecule has 3 aromatic carbocycles. The summed E-state index contributed by atoms with van der Waals surface area (Å²) in [6.45, 7) is 1.99. The van der Waals surface area contributed by atoms with Gasteiger partial charge in [0.05, 0.1) is 0 Å². The van der Waals surface area contributed by atoms with Crippen LogP contribution in [0.25, 0.3) is 0 Å². The molecule has 3 rings (SSSR count). The average molecular weight is 360 g/mol. The topological polar surface area (TPSA) is 67.4 Å². The van der Waals surface area contributed by atoms with Crippen LogP contribution in [0, 0.1) is 0 Å². The van der Waals surface area contributed by atoms with Gasteiger partial charge < -0.3 is 15.4 Å². The summed E-state index contributed by atoms with van der Waals surface area (Å²) in [7, 11) is 0. The molecule has 3 aromatic rings. The SMILES string of the molecule is CCc1ccccc1NC(=O)C(=O)Nc1ccc(Oc2ccccc2)cc1. The lowest BCUT2D eigenvalue weighted by Crippen LogP contribution is -2.29. The summed E-state index contributed by atoms with van der Waals surface area (Å²) >= 11 is 0. The molecule has 0 spiro atoms. The van der Waals surface area contributed by atoms with Crippen molar-refractivity contribution in [3.8, 4) is 11.5 Å². The van der Waals surface area contributed by atoms with E-state index in [1.165, 1.54) is 0 Å². The second-order valence-corrected chi connectivity index (χ2v) is 5.86. The molecule has 5 nitrogen and oxygen atoms in total. The number of anilines is 2. The van der Waals surface area contributed by atoms with E-state index in [2.05, 4.69) is 10.6 Å². The van der Waals surface area contributed by atoms with E-state index in [9.17, 15) is 9.59 Å². The van der Waals surface area contributed by atoms with Gasteiger partial charge in [0.15, 0.2) is 0 Å². The summed E-state index contributed by atoms with van der Waals surface area (Å²) in [5.74, 6) is -0.0677. The Labute approximate surface area is 158 Å². The lowest BCUT2D eigenvalue weighted by Gasteiger charge is -2.10. The smallest absolute Gasteiger partial charge is 0.314 e. The zero-order valence-corrected chi connectivity index (χ0v) is 14.9. The van der Waals surface area contributed by atoms with E-state index in [4.69, 9.17) is 4.74 Å². The van der Waals surface area contributed by atoms with E-state index in [-0.39, 0.29) is 0 Å². The third-order valence-electron chi connectivity index (χ3n) is 3.94. The predicted octanol–water partition coefficient (Wildman–Crippen LogP) is 4.62. The third kappa shape index (κ3) is 4.95. The van der Waals surface area contributed by atoms with Gasteiger partial charge in [-0.15, -0.1) is 0 Å². The van der Waals surface area contributed by atoms with Crippen LogP contribution in [0.15, 0.2) is 78.9 Å². The van der Waals surface area contributed by atoms with Crippen molar-refractivity contribution in [3.63, 3.8) is 0 Å². The Morgan fingerprint density at radius 1 is 0.741 bits per heavy atom. The van der Waals surface area contributed by atoms with Crippen molar-refractivity contribution in [2.45, 2.75) is 13.3 Å². The van der Waals surface area contributed by atoms with Crippen molar-refractivity contribution >= 4 is 23.2 Å². The number of rotatable bonds is 5. The van der Waals surface area contributed by atoms with E-state index in [0.717, 1.165) is 17.7 Å². The normalized spacial score (nSPS) is 10.1. The number of hydrogen-bond donors (Lipinski definition) is 2. The first-order valence-corrected chi connectivity index (χ1v) is 8.69. The van der Waals surface area contributed by atoms with Crippen LogP contribution in [-0.4, -0.2) is 11.8 Å². The minimum Gasteiger partial charge on any atom is -0.457 e. The maximum atomic E-state index is 12.1. The Hall–Kier alpha value is -3.60. The molecular formula is C22H20N2O3. The molecule has 0 unspecified atom stereocenters. The number of amides is 2. The van der Waals surface area contributed by atoms with E-state index in [1.807, 2.05) is 55.5 Å². The van der Waals surface area contributed by atoms with E-state index in [1.54, 1.807) is 30.3 Å². The van der Waals surface area contributed by atoms with Crippen LogP contribution in [0.4, 0.5) is 11.4 Å². The van der Waals surface area contributed by atoms with Gasteiger partial charge in [-0.2, -0.15) is 0 Å². The molecule has 2 amide bonds. The highest BCUT2D eigenvalue weighted by molar-refractivity contribution is 6.43. The first kappa shape index (κ1) is 18.2. The Morgan fingerprint density at radius 3 is 2.04 bits per heavy atom. The maximum absolute atomic E-state index is 12.1. The number of carbonyl (C=O) groups excluding carboxylic acids is 2. The number of benzene rings is 3. The highest BCUT2D eigenvalue weighted by atomic mass is 16.5. The van der Waals surface area contributed by atoms with Crippen LogP contribution in [0.5, 0.6) is 11.5 Å². The molecule has 0 aliphatic rings. The molecule has 2 N–H and O–H groups in total. The molecule has 0 aromatic heterocycles. The monoisotopic (exact) mass is 360 g/mol. The number of hydrogen-bond acceptors (Lipinski definition) is 3. The molecule has 0 fully saturated rings. The van der Waals surface area contributed by atoms with Gasteiger partial charge in [0.25, 0.3) is 0 Å². The third-order valence-corrected chi connectivity index (χ3v) is 3.94. The summed E-state index contributed by atoms with van der Waals surface area (Å²) in [6.07, 6.45) is 0.765. The minimum absolute atomic E-state index is 0.513. The Bertz CT molecular complexity index is 922. The van der Waals surface area contributed by atoms with Crippen LogP contribution in [0.1, 0.15) is 12.5 Å². The first-order chi connectivity index (χ1) is 13.2. The van der Waals surface area contributed by atoms with E-state index in [0.29, 0.717) is 17.1 Å². The van der Waals surface area contributed by atoms with Gasteiger partial charge in [-0.25, -0.2) is 0 Å². The number of nitrogens with one attached hydrogen (secondary N) is 2. The zero-order chi connectivity index (χ0) is 19.1. The quantitative estimate of drug-likeness (QED) is 0.653. The highest BCUT2D eigenvalue weighted by Crippen LogP contribution is 2.22. The van der Waals surface area contributed by atoms with Gasteiger partial charge in [-0.05, 0) is 54.4 Å². The Morgan fingerprint density at radius 2 is 1.33 bits per heavy atom. The summed E-state index contributed by atoms with van der Waals surface area (Å²) in [5, 5.41) is 5.23. The first-order valence-electron chi connectivity index (χ1n) is 8.69. The van der Waals surface area contributed by atoms with Crippen molar-refractivity contribution in [1.82, 2.24) is 0 Å². The number of aryl methyl sites for hydroxylation is 1. The number of ether oxygens (including phenoxy) is 1. The molecule has 0 heterocycles. The largest absolute Gasteiger partial charge is 0.457 e. The lowest BCUT2D eigenvalue weighted by molar-refractivity contribution is -0.133. The van der Waals surface area contributed by atoms with Crippen LogP contribution in [-0.2, 0) is 16.0 Å².